The largest absolute Gasteiger partial charge is 0.494 e. The van der Waals surface area contributed by atoms with E-state index in [0.717, 1.165) is 28.9 Å². The van der Waals surface area contributed by atoms with Gasteiger partial charge in [0, 0.05) is 31.3 Å². The van der Waals surface area contributed by atoms with Crippen molar-refractivity contribution in [3.63, 3.8) is 0 Å². The molecule has 0 unspecified atom stereocenters. The highest BCUT2D eigenvalue weighted by molar-refractivity contribution is 5.72. The van der Waals surface area contributed by atoms with Gasteiger partial charge in [-0.25, -0.2) is 4.52 Å². The summed E-state index contributed by atoms with van der Waals surface area (Å²) in [6.07, 6.45) is 2.67. The molecular formula is C14H19N3O2. The minimum absolute atomic E-state index is 0.0101. The minimum atomic E-state index is -0.0101. The van der Waals surface area contributed by atoms with Gasteiger partial charge in [-0.1, -0.05) is 0 Å². The quantitative estimate of drug-likeness (QED) is 0.891. The molecule has 2 rings (SSSR count). The van der Waals surface area contributed by atoms with E-state index < -0.39 is 0 Å². The van der Waals surface area contributed by atoms with Crippen LogP contribution in [-0.2, 0) is 11.2 Å². The van der Waals surface area contributed by atoms with E-state index in [-0.39, 0.29) is 5.91 Å². The Bertz CT molecular complexity index is 590. The molecule has 2 aromatic rings. The topological polar surface area (TPSA) is 55.6 Å². The number of rotatable bonds is 5. The molecule has 0 aliphatic carbocycles. The number of amides is 1. The van der Waals surface area contributed by atoms with Crippen LogP contribution in [0.1, 0.15) is 25.1 Å². The second-order valence-corrected chi connectivity index (χ2v) is 4.42. The maximum atomic E-state index is 10.9. The highest BCUT2D eigenvalue weighted by atomic mass is 16.5. The molecule has 102 valence electrons. The Labute approximate surface area is 112 Å². The number of hydrogen-bond donors (Lipinski definition) is 1. The standard InChI is InChI=1S/C14H19N3O2/c1-4-19-12-6-8-17-14(9-12)13(10(2)16-17)5-7-15-11(3)18/h6,8-9H,4-5,7H2,1-3H3,(H,15,18). The lowest BCUT2D eigenvalue weighted by atomic mass is 10.1. The van der Waals surface area contributed by atoms with Crippen LogP contribution in [0.25, 0.3) is 5.52 Å². The fourth-order valence-electron chi connectivity index (χ4n) is 2.12. The number of ether oxygens (including phenoxy) is 1. The van der Waals surface area contributed by atoms with Crippen LogP contribution in [0.5, 0.6) is 5.75 Å². The molecule has 5 heteroatoms. The van der Waals surface area contributed by atoms with Crippen LogP contribution in [0.4, 0.5) is 0 Å². The molecule has 1 N–H and O–H groups in total. The van der Waals surface area contributed by atoms with Crippen LogP contribution in [0.2, 0.25) is 0 Å². The van der Waals surface area contributed by atoms with Gasteiger partial charge in [-0.3, -0.25) is 4.79 Å². The first-order valence-electron chi connectivity index (χ1n) is 6.47. The molecule has 0 saturated carbocycles. The second kappa shape index (κ2) is 5.73. The maximum Gasteiger partial charge on any atom is 0.216 e. The van der Waals surface area contributed by atoms with E-state index in [1.807, 2.05) is 36.7 Å². The summed E-state index contributed by atoms with van der Waals surface area (Å²) in [7, 11) is 0. The van der Waals surface area contributed by atoms with Crippen molar-refractivity contribution < 1.29 is 9.53 Å². The van der Waals surface area contributed by atoms with Gasteiger partial charge in [-0.15, -0.1) is 0 Å². The normalized spacial score (nSPS) is 10.7. The van der Waals surface area contributed by atoms with Gasteiger partial charge in [-0.05, 0) is 26.3 Å². The summed E-state index contributed by atoms with van der Waals surface area (Å²) in [5.41, 5.74) is 3.17. The second-order valence-electron chi connectivity index (χ2n) is 4.42. The Balaban J connectivity index is 2.27. The number of carbonyl (C=O) groups excluding carboxylic acids is 1. The fraction of sp³-hybridized carbons (Fsp3) is 0.429. The predicted octanol–water partition coefficient (Wildman–Crippen LogP) is 1.72. The first-order valence-corrected chi connectivity index (χ1v) is 6.47. The summed E-state index contributed by atoms with van der Waals surface area (Å²) in [5.74, 6) is 0.833. The Morgan fingerprint density at radius 3 is 3.00 bits per heavy atom. The third-order valence-electron chi connectivity index (χ3n) is 2.97. The monoisotopic (exact) mass is 261 g/mol. The van der Waals surface area contributed by atoms with E-state index in [0.29, 0.717) is 13.2 Å². The molecule has 0 atom stereocenters. The van der Waals surface area contributed by atoms with Crippen LogP contribution >= 0.6 is 0 Å². The van der Waals surface area contributed by atoms with Gasteiger partial charge in [0.25, 0.3) is 0 Å². The summed E-state index contributed by atoms with van der Waals surface area (Å²) in [5, 5.41) is 7.27. The third kappa shape index (κ3) is 3.05. The van der Waals surface area contributed by atoms with E-state index in [9.17, 15) is 4.79 Å². The SMILES string of the molecule is CCOc1ccn2nc(C)c(CCNC(C)=O)c2c1. The van der Waals surface area contributed by atoms with Crippen molar-refractivity contribution in [1.82, 2.24) is 14.9 Å². The number of nitrogens with one attached hydrogen (secondary N) is 1. The van der Waals surface area contributed by atoms with Gasteiger partial charge in [0.1, 0.15) is 5.75 Å². The molecule has 5 nitrogen and oxygen atoms in total. The van der Waals surface area contributed by atoms with Crippen molar-refractivity contribution in [2.45, 2.75) is 27.2 Å². The van der Waals surface area contributed by atoms with E-state index in [1.165, 1.54) is 6.92 Å². The van der Waals surface area contributed by atoms with Gasteiger partial charge < -0.3 is 10.1 Å². The molecule has 2 heterocycles. The maximum absolute atomic E-state index is 10.9. The van der Waals surface area contributed by atoms with Crippen LogP contribution in [0.3, 0.4) is 0 Å². The number of aromatic nitrogens is 2. The summed E-state index contributed by atoms with van der Waals surface area (Å²) in [6, 6.07) is 3.90. The Hall–Kier alpha value is -2.04. The number of hydrogen-bond acceptors (Lipinski definition) is 3. The third-order valence-corrected chi connectivity index (χ3v) is 2.97. The van der Waals surface area contributed by atoms with Gasteiger partial charge in [-0.2, -0.15) is 5.10 Å². The lowest BCUT2D eigenvalue weighted by Crippen LogP contribution is -2.22. The van der Waals surface area contributed by atoms with Crippen molar-refractivity contribution in [2.24, 2.45) is 0 Å². The highest BCUT2D eigenvalue weighted by Crippen LogP contribution is 2.20. The molecule has 1 amide bonds. The zero-order chi connectivity index (χ0) is 13.8. The van der Waals surface area contributed by atoms with Crippen molar-refractivity contribution in [1.29, 1.82) is 0 Å². The van der Waals surface area contributed by atoms with Crippen LogP contribution < -0.4 is 10.1 Å². The molecule has 0 aliphatic rings. The fourth-order valence-corrected chi connectivity index (χ4v) is 2.12. The average Bonchev–Trinajstić information content (AvgIpc) is 2.66. The molecule has 0 saturated heterocycles. The van der Waals surface area contributed by atoms with Crippen molar-refractivity contribution in [3.05, 3.63) is 29.6 Å². The minimum Gasteiger partial charge on any atom is -0.494 e. The van der Waals surface area contributed by atoms with Crippen LogP contribution in [-0.4, -0.2) is 28.7 Å². The van der Waals surface area contributed by atoms with Crippen molar-refractivity contribution in [2.75, 3.05) is 13.2 Å². The van der Waals surface area contributed by atoms with Crippen LogP contribution in [0.15, 0.2) is 18.3 Å². The van der Waals surface area contributed by atoms with Crippen LogP contribution in [0, 0.1) is 6.92 Å². The average molecular weight is 261 g/mol. The molecule has 2 aromatic heterocycles. The number of carbonyl (C=O) groups is 1. The van der Waals surface area contributed by atoms with E-state index >= 15 is 0 Å². The van der Waals surface area contributed by atoms with Gasteiger partial charge in [0.15, 0.2) is 0 Å². The van der Waals surface area contributed by atoms with E-state index in [1.54, 1.807) is 0 Å². The number of aryl methyl sites for hydroxylation is 1. The van der Waals surface area contributed by atoms with E-state index in [2.05, 4.69) is 10.4 Å². The molecule has 0 bridgehead atoms. The van der Waals surface area contributed by atoms with Gasteiger partial charge in [0.2, 0.25) is 5.91 Å². The number of pyridine rings is 1. The Morgan fingerprint density at radius 1 is 1.53 bits per heavy atom. The summed E-state index contributed by atoms with van der Waals surface area (Å²) in [4.78, 5) is 10.9. The zero-order valence-electron chi connectivity index (χ0n) is 11.6. The van der Waals surface area contributed by atoms with Gasteiger partial charge >= 0.3 is 0 Å². The lowest BCUT2D eigenvalue weighted by Gasteiger charge is -2.05. The zero-order valence-corrected chi connectivity index (χ0v) is 11.6. The molecular weight excluding hydrogens is 242 g/mol. The first kappa shape index (κ1) is 13.4. The Kier molecular flexibility index (Phi) is 4.04. The number of fused-ring (bicyclic) bond motifs is 1. The molecule has 19 heavy (non-hydrogen) atoms. The predicted molar refractivity (Wildman–Crippen MR) is 73.5 cm³/mol. The smallest absolute Gasteiger partial charge is 0.216 e. The molecule has 0 radical (unpaired) electrons. The summed E-state index contributed by atoms with van der Waals surface area (Å²) in [6.45, 7) is 6.73. The molecule has 0 aromatic carbocycles. The Morgan fingerprint density at radius 2 is 2.32 bits per heavy atom. The number of nitrogens with zero attached hydrogens (tertiary/aromatic N) is 2. The summed E-state index contributed by atoms with van der Waals surface area (Å²) >= 11 is 0. The molecule has 0 spiro atoms. The highest BCUT2D eigenvalue weighted by Gasteiger charge is 2.10. The molecule has 0 aliphatic heterocycles. The van der Waals surface area contributed by atoms with E-state index in [4.69, 9.17) is 4.74 Å². The first-order chi connectivity index (χ1) is 9.11. The van der Waals surface area contributed by atoms with Gasteiger partial charge in [0.05, 0.1) is 17.8 Å². The van der Waals surface area contributed by atoms with Crippen molar-refractivity contribution in [3.8, 4) is 5.75 Å². The summed E-state index contributed by atoms with van der Waals surface area (Å²) < 4.78 is 7.36. The van der Waals surface area contributed by atoms with Crippen molar-refractivity contribution >= 4 is 11.4 Å². The lowest BCUT2D eigenvalue weighted by molar-refractivity contribution is -0.118. The molecule has 0 fully saturated rings.